The molecule has 1 aromatic carbocycles. The maximum atomic E-state index is 12.4. The molecule has 2 heteroatoms. The second-order valence-corrected chi connectivity index (χ2v) is 6.38. The number of Topliss-reactive ketones (excluding diaryl/α,β-unsaturated/α-hetero) is 1. The Balaban J connectivity index is 1.90. The van der Waals surface area contributed by atoms with E-state index in [4.69, 9.17) is 4.74 Å². The Morgan fingerprint density at radius 2 is 2.26 bits per heavy atom. The molecule has 0 N–H and O–H groups in total. The van der Waals surface area contributed by atoms with Crippen LogP contribution in [-0.2, 0) is 16.6 Å². The van der Waals surface area contributed by atoms with E-state index in [0.29, 0.717) is 12.3 Å². The summed E-state index contributed by atoms with van der Waals surface area (Å²) >= 11 is 0. The van der Waals surface area contributed by atoms with Gasteiger partial charge in [0.25, 0.3) is 0 Å². The molecule has 5 rings (SSSR count). The Morgan fingerprint density at radius 3 is 3.21 bits per heavy atom. The summed E-state index contributed by atoms with van der Waals surface area (Å²) in [5, 5.41) is 0. The van der Waals surface area contributed by atoms with Crippen LogP contribution in [-0.4, -0.2) is 11.9 Å². The van der Waals surface area contributed by atoms with Crippen molar-refractivity contribution in [3.8, 4) is 5.75 Å². The summed E-state index contributed by atoms with van der Waals surface area (Å²) in [5.74, 6) is 1.89. The van der Waals surface area contributed by atoms with E-state index in [9.17, 15) is 4.79 Å². The molecule has 96 valence electrons. The Morgan fingerprint density at radius 1 is 1.32 bits per heavy atom. The van der Waals surface area contributed by atoms with Crippen LogP contribution in [0.4, 0.5) is 0 Å². The van der Waals surface area contributed by atoms with Gasteiger partial charge in [0.1, 0.15) is 5.75 Å². The van der Waals surface area contributed by atoms with E-state index in [1.54, 1.807) is 0 Å². The summed E-state index contributed by atoms with van der Waals surface area (Å²) in [7, 11) is 0. The van der Waals surface area contributed by atoms with Crippen LogP contribution in [0, 0.1) is 5.92 Å². The first-order chi connectivity index (χ1) is 9.30. The number of hydrogen-bond acceptors (Lipinski definition) is 2. The van der Waals surface area contributed by atoms with Gasteiger partial charge in [-0.05, 0) is 36.8 Å². The number of hydrogen-bond donors (Lipinski definition) is 0. The predicted octanol–water partition coefficient (Wildman–Crippen LogP) is 2.94. The highest BCUT2D eigenvalue weighted by Gasteiger charge is 2.60. The van der Waals surface area contributed by atoms with Crippen molar-refractivity contribution in [1.29, 1.82) is 0 Å². The van der Waals surface area contributed by atoms with Gasteiger partial charge in [0.05, 0.1) is 5.41 Å². The van der Waals surface area contributed by atoms with E-state index in [1.807, 2.05) is 6.07 Å². The number of benzene rings is 1. The molecule has 3 aliphatic carbocycles. The molecule has 1 fully saturated rings. The third-order valence-electron chi connectivity index (χ3n) is 5.61. The summed E-state index contributed by atoms with van der Waals surface area (Å²) in [6, 6.07) is 6.36. The molecule has 0 saturated heterocycles. The van der Waals surface area contributed by atoms with Gasteiger partial charge in [-0.15, -0.1) is 0 Å². The van der Waals surface area contributed by atoms with Gasteiger partial charge in [0.15, 0.2) is 11.9 Å². The molecule has 1 aliphatic heterocycles. The Kier molecular flexibility index (Phi) is 1.68. The topological polar surface area (TPSA) is 26.3 Å². The lowest BCUT2D eigenvalue weighted by Crippen LogP contribution is -2.53. The standard InChI is InChI=1S/C17H16O2/c18-13-7-6-12-10-4-2-8-17(12)15-11(9-10)3-1-5-14(15)19-16(13)17/h1,3,5-6,10,16H,2,4,7-9H2/t10-,16+,17+/m1/s1. The molecule has 2 nitrogen and oxygen atoms in total. The van der Waals surface area contributed by atoms with Crippen LogP contribution in [0.2, 0.25) is 0 Å². The molecular weight excluding hydrogens is 236 g/mol. The first-order valence-electron chi connectivity index (χ1n) is 7.33. The minimum absolute atomic E-state index is 0.0809. The maximum absolute atomic E-state index is 12.4. The molecule has 1 saturated carbocycles. The predicted molar refractivity (Wildman–Crippen MR) is 71.3 cm³/mol. The summed E-state index contributed by atoms with van der Waals surface area (Å²) in [6.45, 7) is 0. The SMILES string of the molecule is O=C1CC=C2[C@@H]3CCC[C@@]24c2c(cccc2O[C@@H]14)C3. The lowest BCUT2D eigenvalue weighted by Gasteiger charge is -2.49. The van der Waals surface area contributed by atoms with Gasteiger partial charge >= 0.3 is 0 Å². The molecule has 19 heavy (non-hydrogen) atoms. The minimum atomic E-state index is -0.230. The van der Waals surface area contributed by atoms with Gasteiger partial charge in [-0.3, -0.25) is 4.79 Å². The van der Waals surface area contributed by atoms with Crippen molar-refractivity contribution < 1.29 is 9.53 Å². The smallest absolute Gasteiger partial charge is 0.178 e. The van der Waals surface area contributed by atoms with Crippen LogP contribution in [0.25, 0.3) is 0 Å². The van der Waals surface area contributed by atoms with E-state index in [0.717, 1.165) is 18.6 Å². The number of carbonyl (C=O) groups is 1. The molecule has 0 amide bonds. The van der Waals surface area contributed by atoms with E-state index in [1.165, 1.54) is 29.5 Å². The van der Waals surface area contributed by atoms with Crippen LogP contribution in [0.1, 0.15) is 36.8 Å². The lowest BCUT2D eigenvalue weighted by atomic mass is 9.53. The summed E-state index contributed by atoms with van der Waals surface area (Å²) in [6.07, 6.45) is 7.31. The van der Waals surface area contributed by atoms with Crippen molar-refractivity contribution in [3.63, 3.8) is 0 Å². The Labute approximate surface area is 112 Å². The van der Waals surface area contributed by atoms with Gasteiger partial charge in [0, 0.05) is 12.0 Å². The minimum Gasteiger partial charge on any atom is -0.481 e. The third kappa shape index (κ3) is 1.00. The van der Waals surface area contributed by atoms with Crippen molar-refractivity contribution in [3.05, 3.63) is 41.0 Å². The first-order valence-corrected chi connectivity index (χ1v) is 7.33. The molecule has 2 bridgehead atoms. The number of rotatable bonds is 0. The fraction of sp³-hybridized carbons (Fsp3) is 0.471. The number of allylic oxidation sites excluding steroid dienone is 1. The van der Waals surface area contributed by atoms with Crippen molar-refractivity contribution in [2.24, 2.45) is 5.92 Å². The Bertz CT molecular complexity index is 643. The fourth-order valence-corrected chi connectivity index (χ4v) is 5.04. The zero-order chi connectivity index (χ0) is 12.6. The molecule has 1 heterocycles. The second-order valence-electron chi connectivity index (χ2n) is 6.38. The van der Waals surface area contributed by atoms with Gasteiger partial charge < -0.3 is 4.74 Å². The van der Waals surface area contributed by atoms with Crippen LogP contribution in [0.3, 0.4) is 0 Å². The monoisotopic (exact) mass is 252 g/mol. The largest absolute Gasteiger partial charge is 0.481 e. The maximum Gasteiger partial charge on any atom is 0.178 e. The molecule has 0 aromatic heterocycles. The van der Waals surface area contributed by atoms with E-state index >= 15 is 0 Å². The number of carbonyl (C=O) groups excluding carboxylic acids is 1. The van der Waals surface area contributed by atoms with E-state index in [-0.39, 0.29) is 17.3 Å². The fourth-order valence-electron chi connectivity index (χ4n) is 5.04. The van der Waals surface area contributed by atoms with E-state index in [2.05, 4.69) is 18.2 Å². The van der Waals surface area contributed by atoms with Crippen molar-refractivity contribution in [1.82, 2.24) is 0 Å². The highest BCUT2D eigenvalue weighted by molar-refractivity contribution is 5.91. The quantitative estimate of drug-likeness (QED) is 0.664. The molecule has 0 unspecified atom stereocenters. The van der Waals surface area contributed by atoms with Crippen molar-refractivity contribution >= 4 is 5.78 Å². The molecule has 3 atom stereocenters. The molecule has 0 radical (unpaired) electrons. The lowest BCUT2D eigenvalue weighted by molar-refractivity contribution is -0.127. The van der Waals surface area contributed by atoms with Crippen molar-refractivity contribution in [2.45, 2.75) is 43.6 Å². The number of ketones is 1. The van der Waals surface area contributed by atoms with Crippen molar-refractivity contribution in [2.75, 3.05) is 0 Å². The number of ether oxygens (including phenoxy) is 1. The van der Waals surface area contributed by atoms with Gasteiger partial charge in [0.2, 0.25) is 0 Å². The average Bonchev–Trinajstić information content (AvgIpc) is 2.74. The average molecular weight is 252 g/mol. The molecule has 1 spiro atoms. The van der Waals surface area contributed by atoms with Crippen LogP contribution in [0.5, 0.6) is 5.75 Å². The van der Waals surface area contributed by atoms with Gasteiger partial charge in [-0.25, -0.2) is 0 Å². The zero-order valence-corrected chi connectivity index (χ0v) is 10.8. The van der Waals surface area contributed by atoms with Crippen LogP contribution in [0.15, 0.2) is 29.8 Å². The highest BCUT2D eigenvalue weighted by atomic mass is 16.5. The second kappa shape index (κ2) is 3.12. The summed E-state index contributed by atoms with van der Waals surface area (Å²) < 4.78 is 6.10. The normalized spacial score (nSPS) is 37.5. The molecule has 1 aromatic rings. The summed E-state index contributed by atoms with van der Waals surface area (Å²) in [5.41, 5.74) is 4.23. The molecular formula is C17H16O2. The van der Waals surface area contributed by atoms with Crippen LogP contribution >= 0.6 is 0 Å². The van der Waals surface area contributed by atoms with Crippen LogP contribution < -0.4 is 4.74 Å². The van der Waals surface area contributed by atoms with Gasteiger partial charge in [-0.1, -0.05) is 30.2 Å². The summed E-state index contributed by atoms with van der Waals surface area (Å²) in [4.78, 5) is 12.4. The Hall–Kier alpha value is -1.57. The zero-order valence-electron chi connectivity index (χ0n) is 10.8. The highest BCUT2D eigenvalue weighted by Crippen LogP contribution is 2.61. The van der Waals surface area contributed by atoms with E-state index < -0.39 is 0 Å². The molecule has 4 aliphatic rings. The van der Waals surface area contributed by atoms with Gasteiger partial charge in [-0.2, -0.15) is 0 Å². The first kappa shape index (κ1) is 10.2. The third-order valence-corrected chi connectivity index (χ3v) is 5.61.